The summed E-state index contributed by atoms with van der Waals surface area (Å²) in [4.78, 5) is 16.5. The van der Waals surface area contributed by atoms with E-state index in [9.17, 15) is 4.79 Å². The predicted octanol–water partition coefficient (Wildman–Crippen LogP) is 4.15. The number of para-hydroxylation sites is 1. The van der Waals surface area contributed by atoms with Gasteiger partial charge in [-0.2, -0.15) is 5.10 Å². The van der Waals surface area contributed by atoms with Crippen molar-refractivity contribution in [2.45, 2.75) is 39.3 Å². The van der Waals surface area contributed by atoms with Crippen LogP contribution in [0.4, 0.5) is 4.79 Å². The Balaban J connectivity index is 1.38. The van der Waals surface area contributed by atoms with E-state index < -0.39 is 0 Å². The van der Waals surface area contributed by atoms with Crippen molar-refractivity contribution >= 4 is 6.03 Å². The summed E-state index contributed by atoms with van der Waals surface area (Å²) in [5.74, 6) is 0. The minimum atomic E-state index is 0.101. The summed E-state index contributed by atoms with van der Waals surface area (Å²) in [7, 11) is 0. The number of urea groups is 1. The summed E-state index contributed by atoms with van der Waals surface area (Å²) in [6, 6.07) is 17.4. The van der Waals surface area contributed by atoms with Gasteiger partial charge in [-0.1, -0.05) is 30.3 Å². The lowest BCUT2D eigenvalue weighted by atomic mass is 10.0. The van der Waals surface area contributed by atoms with Crippen LogP contribution in [0.5, 0.6) is 0 Å². The van der Waals surface area contributed by atoms with Gasteiger partial charge in [0.25, 0.3) is 0 Å². The molecule has 2 aromatic carbocycles. The molecule has 1 N–H and O–H groups in total. The van der Waals surface area contributed by atoms with Crippen molar-refractivity contribution in [1.29, 1.82) is 0 Å². The minimum absolute atomic E-state index is 0.101. The number of benzene rings is 2. The Morgan fingerprint density at radius 2 is 1.78 bits per heavy atom. The maximum atomic E-state index is 12.0. The predicted molar refractivity (Wildman–Crippen MR) is 127 cm³/mol. The normalized spacial score (nSPS) is 17.7. The van der Waals surface area contributed by atoms with Gasteiger partial charge in [0.15, 0.2) is 0 Å². The topological polar surface area (TPSA) is 53.4 Å². The molecule has 2 fully saturated rings. The van der Waals surface area contributed by atoms with E-state index in [1.165, 1.54) is 22.3 Å². The average Bonchev–Trinajstić information content (AvgIpc) is 3.43. The Morgan fingerprint density at radius 1 is 1.00 bits per heavy atom. The van der Waals surface area contributed by atoms with Crippen LogP contribution in [-0.2, 0) is 6.54 Å². The third-order valence-electron chi connectivity index (χ3n) is 6.87. The molecule has 3 aromatic rings. The number of hydrogen-bond donors (Lipinski definition) is 1. The molecule has 5 rings (SSSR count). The van der Waals surface area contributed by atoms with Crippen LogP contribution >= 0.6 is 0 Å². The van der Waals surface area contributed by atoms with E-state index in [1.807, 2.05) is 27.8 Å². The molecule has 3 heterocycles. The number of carbonyl (C=O) groups is 1. The van der Waals surface area contributed by atoms with Crippen molar-refractivity contribution in [3.63, 3.8) is 0 Å². The van der Waals surface area contributed by atoms with Gasteiger partial charge in [0, 0.05) is 56.1 Å². The first-order valence-corrected chi connectivity index (χ1v) is 11.6. The molecule has 166 valence electrons. The number of aromatic nitrogens is 2. The van der Waals surface area contributed by atoms with Crippen LogP contribution in [0.1, 0.15) is 29.5 Å². The first kappa shape index (κ1) is 20.8. The number of rotatable bonds is 5. The van der Waals surface area contributed by atoms with Gasteiger partial charge in [-0.25, -0.2) is 9.48 Å². The van der Waals surface area contributed by atoms with Crippen molar-refractivity contribution in [2.24, 2.45) is 0 Å². The van der Waals surface area contributed by atoms with E-state index in [0.717, 1.165) is 56.9 Å². The second kappa shape index (κ2) is 8.79. The number of carbonyl (C=O) groups excluding carboxylic acids is 1. The molecule has 0 unspecified atom stereocenters. The third kappa shape index (κ3) is 4.15. The average molecular weight is 430 g/mol. The highest BCUT2D eigenvalue weighted by Gasteiger charge is 2.31. The monoisotopic (exact) mass is 429 g/mol. The molecule has 0 bridgehead atoms. The molecule has 2 amide bonds. The van der Waals surface area contributed by atoms with Crippen LogP contribution < -0.4 is 5.32 Å². The van der Waals surface area contributed by atoms with E-state index >= 15 is 0 Å². The van der Waals surface area contributed by atoms with Crippen LogP contribution in [0.2, 0.25) is 0 Å². The summed E-state index contributed by atoms with van der Waals surface area (Å²) in [6.45, 7) is 8.78. The molecule has 2 saturated heterocycles. The van der Waals surface area contributed by atoms with Crippen LogP contribution in [0.25, 0.3) is 16.9 Å². The van der Waals surface area contributed by atoms with Crippen LogP contribution in [0.3, 0.4) is 0 Å². The standard InChI is InChI=1S/C26H31N5O/c1-19-8-9-21(16-20(19)2)25-22(18-31(28-25)24-6-4-3-5-7-24)17-29-13-10-23(11-14-29)30-15-12-27-26(30)32/h3-9,16,18,23H,10-15,17H2,1-2H3,(H,27,32). The fourth-order valence-electron chi connectivity index (χ4n) is 4.83. The zero-order valence-electron chi connectivity index (χ0n) is 18.9. The Hall–Kier alpha value is -3.12. The lowest BCUT2D eigenvalue weighted by Gasteiger charge is -2.36. The molecule has 6 heteroatoms. The third-order valence-corrected chi connectivity index (χ3v) is 6.87. The molecule has 0 aliphatic carbocycles. The fraction of sp³-hybridized carbons (Fsp3) is 0.385. The second-order valence-electron chi connectivity index (χ2n) is 9.01. The van der Waals surface area contributed by atoms with Gasteiger partial charge in [0.05, 0.1) is 11.4 Å². The van der Waals surface area contributed by atoms with Crippen molar-refractivity contribution in [3.8, 4) is 16.9 Å². The van der Waals surface area contributed by atoms with Crippen LogP contribution in [-0.4, -0.2) is 57.8 Å². The highest BCUT2D eigenvalue weighted by molar-refractivity contribution is 5.76. The van der Waals surface area contributed by atoms with E-state index in [1.54, 1.807) is 0 Å². The second-order valence-corrected chi connectivity index (χ2v) is 9.01. The van der Waals surface area contributed by atoms with Gasteiger partial charge < -0.3 is 10.2 Å². The van der Waals surface area contributed by atoms with Crippen LogP contribution in [0, 0.1) is 13.8 Å². The van der Waals surface area contributed by atoms with Gasteiger partial charge in [-0.15, -0.1) is 0 Å². The van der Waals surface area contributed by atoms with Gasteiger partial charge in [-0.05, 0) is 56.0 Å². The smallest absolute Gasteiger partial charge is 0.317 e. The summed E-state index contributed by atoms with van der Waals surface area (Å²) in [5.41, 5.74) is 7.12. The zero-order chi connectivity index (χ0) is 22.1. The van der Waals surface area contributed by atoms with E-state index in [0.29, 0.717) is 6.04 Å². The highest BCUT2D eigenvalue weighted by Crippen LogP contribution is 2.28. The van der Waals surface area contributed by atoms with Gasteiger partial charge in [0.1, 0.15) is 0 Å². The molecule has 0 saturated carbocycles. The first-order valence-electron chi connectivity index (χ1n) is 11.6. The van der Waals surface area contributed by atoms with Crippen molar-refractivity contribution in [1.82, 2.24) is 24.9 Å². The first-order chi connectivity index (χ1) is 15.6. The lowest BCUT2D eigenvalue weighted by Crippen LogP contribution is -2.45. The Labute approximate surface area is 189 Å². The minimum Gasteiger partial charge on any atom is -0.336 e. The summed E-state index contributed by atoms with van der Waals surface area (Å²) < 4.78 is 2.00. The van der Waals surface area contributed by atoms with Crippen molar-refractivity contribution < 1.29 is 4.79 Å². The van der Waals surface area contributed by atoms with Crippen molar-refractivity contribution in [2.75, 3.05) is 26.2 Å². The molecule has 0 atom stereocenters. The van der Waals surface area contributed by atoms with E-state index in [4.69, 9.17) is 5.10 Å². The van der Waals surface area contributed by atoms with E-state index in [-0.39, 0.29) is 6.03 Å². The number of likely N-dealkylation sites (tertiary alicyclic amines) is 1. The van der Waals surface area contributed by atoms with Crippen molar-refractivity contribution in [3.05, 3.63) is 71.4 Å². The Kier molecular flexibility index (Phi) is 5.70. The highest BCUT2D eigenvalue weighted by atomic mass is 16.2. The lowest BCUT2D eigenvalue weighted by molar-refractivity contribution is 0.132. The molecule has 0 radical (unpaired) electrons. The number of nitrogens with one attached hydrogen (secondary N) is 1. The van der Waals surface area contributed by atoms with E-state index in [2.05, 4.69) is 60.6 Å². The van der Waals surface area contributed by atoms with Crippen LogP contribution in [0.15, 0.2) is 54.7 Å². The SMILES string of the molecule is Cc1ccc(-c2nn(-c3ccccc3)cc2CN2CCC(N3CCNC3=O)CC2)cc1C. The summed E-state index contributed by atoms with van der Waals surface area (Å²) in [5, 5.41) is 7.94. The van der Waals surface area contributed by atoms with Gasteiger partial charge in [-0.3, -0.25) is 4.90 Å². The molecule has 2 aliphatic heterocycles. The number of hydrogen-bond acceptors (Lipinski definition) is 3. The summed E-state index contributed by atoms with van der Waals surface area (Å²) in [6.07, 6.45) is 4.23. The zero-order valence-corrected chi connectivity index (χ0v) is 18.9. The molecular weight excluding hydrogens is 398 g/mol. The number of amides is 2. The molecule has 32 heavy (non-hydrogen) atoms. The maximum Gasteiger partial charge on any atom is 0.317 e. The fourth-order valence-corrected chi connectivity index (χ4v) is 4.83. The number of piperidine rings is 1. The largest absolute Gasteiger partial charge is 0.336 e. The quantitative estimate of drug-likeness (QED) is 0.663. The van der Waals surface area contributed by atoms with Gasteiger partial charge in [0.2, 0.25) is 0 Å². The maximum absolute atomic E-state index is 12.0. The Morgan fingerprint density at radius 3 is 2.47 bits per heavy atom. The molecular formula is C26H31N5O. The van der Waals surface area contributed by atoms with Gasteiger partial charge >= 0.3 is 6.03 Å². The molecule has 6 nitrogen and oxygen atoms in total. The number of nitrogens with zero attached hydrogens (tertiary/aromatic N) is 4. The molecule has 2 aliphatic rings. The summed E-state index contributed by atoms with van der Waals surface area (Å²) >= 11 is 0. The molecule has 1 aromatic heterocycles. The molecule has 0 spiro atoms. The number of aryl methyl sites for hydroxylation is 2. The Bertz CT molecular complexity index is 1100.